The van der Waals surface area contributed by atoms with Crippen LogP contribution in [0.4, 0.5) is 11.4 Å². The second kappa shape index (κ2) is 9.48. The Morgan fingerprint density at radius 3 is 1.89 bits per heavy atom. The van der Waals surface area contributed by atoms with E-state index < -0.39 is 30.1 Å². The van der Waals surface area contributed by atoms with Gasteiger partial charge in [-0.25, -0.2) is 29.2 Å². The van der Waals surface area contributed by atoms with Crippen molar-refractivity contribution in [3.63, 3.8) is 0 Å². The Hall–Kier alpha value is -2.55. The van der Waals surface area contributed by atoms with Crippen molar-refractivity contribution in [2.24, 2.45) is 0 Å². The summed E-state index contributed by atoms with van der Waals surface area (Å²) < 4.78 is 82.3. The number of sulfonamides is 2. The molecule has 0 unspecified atom stereocenters. The van der Waals surface area contributed by atoms with E-state index in [-0.39, 0.29) is 35.4 Å². The number of aromatic nitrogens is 1. The monoisotopic (exact) mass is 591 g/mol. The molecule has 2 heterocycles. The van der Waals surface area contributed by atoms with Crippen molar-refractivity contribution in [3.8, 4) is 0 Å². The molecule has 2 N–H and O–H groups in total. The van der Waals surface area contributed by atoms with Crippen LogP contribution < -0.4 is 9.44 Å². The maximum Gasteiger partial charge on any atom is 0.271 e. The zero-order valence-electron chi connectivity index (χ0n) is 17.3. The molecule has 15 heteroatoms. The van der Waals surface area contributed by atoms with Gasteiger partial charge in [-0.05, 0) is 41.8 Å². The average Bonchev–Trinajstić information content (AvgIpc) is 3.51. The van der Waals surface area contributed by atoms with Crippen LogP contribution in [0, 0.1) is 0 Å². The SMILES string of the molecule is O=S(=O)(Nc1cc(Cl)c(Cl)cc1NS(=O)(=O)c1cccs1)c1ccn(S(=O)(=O)c2ccccc2)c1. The van der Waals surface area contributed by atoms with Gasteiger partial charge in [0, 0.05) is 12.4 Å². The molecule has 0 aliphatic heterocycles. The fourth-order valence-electron chi connectivity index (χ4n) is 2.91. The number of benzene rings is 2. The number of thiophene rings is 1. The molecule has 4 aromatic rings. The van der Waals surface area contributed by atoms with Gasteiger partial charge in [-0.15, -0.1) is 11.3 Å². The van der Waals surface area contributed by atoms with Gasteiger partial charge < -0.3 is 0 Å². The van der Waals surface area contributed by atoms with E-state index in [0.717, 1.165) is 45.9 Å². The van der Waals surface area contributed by atoms with Crippen LogP contribution in [0.2, 0.25) is 10.0 Å². The third kappa shape index (κ3) is 5.34. The van der Waals surface area contributed by atoms with Crippen molar-refractivity contribution >= 4 is 76.0 Å². The van der Waals surface area contributed by atoms with Crippen LogP contribution in [-0.2, 0) is 30.1 Å². The predicted molar refractivity (Wildman–Crippen MR) is 136 cm³/mol. The minimum absolute atomic E-state index is 0.000532. The van der Waals surface area contributed by atoms with Crippen molar-refractivity contribution in [1.29, 1.82) is 0 Å². The van der Waals surface area contributed by atoms with Crippen LogP contribution in [0.25, 0.3) is 0 Å². The van der Waals surface area contributed by atoms with Crippen molar-refractivity contribution < 1.29 is 25.3 Å². The highest BCUT2D eigenvalue weighted by molar-refractivity contribution is 7.94. The Morgan fingerprint density at radius 1 is 0.714 bits per heavy atom. The summed E-state index contributed by atoms with van der Waals surface area (Å²) in [6, 6.07) is 13.8. The van der Waals surface area contributed by atoms with Gasteiger partial charge in [-0.2, -0.15) is 0 Å². The lowest BCUT2D eigenvalue weighted by atomic mass is 10.3. The molecular weight excluding hydrogens is 577 g/mol. The number of hydrogen-bond acceptors (Lipinski definition) is 7. The summed E-state index contributed by atoms with van der Waals surface area (Å²) in [7, 11) is -12.4. The molecule has 4 rings (SSSR count). The fourth-order valence-corrected chi connectivity index (χ4v) is 7.66. The summed E-state index contributed by atoms with van der Waals surface area (Å²) in [5.41, 5.74) is -0.383. The zero-order chi connectivity index (χ0) is 25.4. The van der Waals surface area contributed by atoms with Crippen LogP contribution in [0.3, 0.4) is 0 Å². The molecule has 0 bridgehead atoms. The maximum atomic E-state index is 13.1. The normalized spacial score (nSPS) is 12.4. The number of anilines is 2. The van der Waals surface area contributed by atoms with Crippen LogP contribution in [0.5, 0.6) is 0 Å². The largest absolute Gasteiger partial charge is 0.277 e. The quantitative estimate of drug-likeness (QED) is 0.305. The standard InChI is InChI=1S/C20H15Cl2N3O6S4/c21-16-11-18(19(12-17(16)22)24-34(28,29)20-7-4-10-32-20)23-33(26,27)15-8-9-25(13-15)35(30,31)14-5-2-1-3-6-14/h1-13,23-24H. The second-order valence-corrected chi connectivity index (χ2v) is 14.1. The van der Waals surface area contributed by atoms with Gasteiger partial charge in [0.05, 0.1) is 26.3 Å². The van der Waals surface area contributed by atoms with Crippen LogP contribution >= 0.6 is 34.5 Å². The number of nitrogens with one attached hydrogen (secondary N) is 2. The van der Waals surface area contributed by atoms with Gasteiger partial charge in [0.25, 0.3) is 30.1 Å². The highest BCUT2D eigenvalue weighted by Crippen LogP contribution is 2.35. The molecule has 184 valence electrons. The first-order valence-electron chi connectivity index (χ1n) is 9.47. The van der Waals surface area contributed by atoms with Gasteiger partial charge >= 0.3 is 0 Å². The Kier molecular flexibility index (Phi) is 6.92. The van der Waals surface area contributed by atoms with Crippen molar-refractivity contribution in [2.45, 2.75) is 14.0 Å². The molecule has 0 atom stereocenters. The van der Waals surface area contributed by atoms with Crippen molar-refractivity contribution in [2.75, 3.05) is 9.44 Å². The number of rotatable bonds is 8. The lowest BCUT2D eigenvalue weighted by Crippen LogP contribution is -2.17. The first-order valence-corrected chi connectivity index (χ1v) is 15.5. The Balaban J connectivity index is 1.69. The van der Waals surface area contributed by atoms with E-state index in [4.69, 9.17) is 23.2 Å². The van der Waals surface area contributed by atoms with Crippen LogP contribution in [-0.4, -0.2) is 29.2 Å². The molecule has 0 amide bonds. The number of nitrogens with zero attached hydrogens (tertiary/aromatic N) is 1. The molecule has 0 radical (unpaired) electrons. The molecule has 0 aliphatic carbocycles. The van der Waals surface area contributed by atoms with Gasteiger partial charge in [0.1, 0.15) is 9.10 Å². The summed E-state index contributed by atoms with van der Waals surface area (Å²) in [6.07, 6.45) is 2.02. The third-order valence-electron chi connectivity index (χ3n) is 4.58. The smallest absolute Gasteiger partial charge is 0.271 e. The Morgan fingerprint density at radius 2 is 1.31 bits per heavy atom. The lowest BCUT2D eigenvalue weighted by molar-refractivity contribution is 0.587. The summed E-state index contributed by atoms with van der Waals surface area (Å²) in [5.74, 6) is 0. The molecule has 0 spiro atoms. The minimum Gasteiger partial charge on any atom is -0.277 e. The van der Waals surface area contributed by atoms with E-state index in [1.54, 1.807) is 29.6 Å². The molecule has 35 heavy (non-hydrogen) atoms. The molecule has 0 saturated carbocycles. The van der Waals surface area contributed by atoms with Gasteiger partial charge in [-0.1, -0.05) is 47.5 Å². The van der Waals surface area contributed by atoms with E-state index in [1.165, 1.54) is 18.2 Å². The Bertz CT molecular complexity index is 1700. The van der Waals surface area contributed by atoms with E-state index in [2.05, 4.69) is 9.44 Å². The van der Waals surface area contributed by atoms with Gasteiger partial charge in [0.15, 0.2) is 0 Å². The van der Waals surface area contributed by atoms with Gasteiger partial charge in [0.2, 0.25) is 0 Å². The van der Waals surface area contributed by atoms with E-state index in [9.17, 15) is 25.3 Å². The molecular formula is C20H15Cl2N3O6S4. The molecule has 9 nitrogen and oxygen atoms in total. The Labute approximate surface area is 216 Å². The fraction of sp³-hybridized carbons (Fsp3) is 0. The van der Waals surface area contributed by atoms with E-state index in [1.807, 2.05) is 0 Å². The molecule has 0 saturated heterocycles. The number of hydrogen-bond donors (Lipinski definition) is 2. The van der Waals surface area contributed by atoms with Crippen molar-refractivity contribution in [1.82, 2.24) is 3.97 Å². The molecule has 0 aliphatic rings. The summed E-state index contributed by atoms with van der Waals surface area (Å²) >= 11 is 13.0. The highest BCUT2D eigenvalue weighted by atomic mass is 35.5. The first kappa shape index (κ1) is 25.5. The second-order valence-electron chi connectivity index (χ2n) is 6.95. The summed E-state index contributed by atoms with van der Waals surface area (Å²) in [6.45, 7) is 0. The van der Waals surface area contributed by atoms with Crippen LogP contribution in [0.15, 0.2) is 92.4 Å². The average molecular weight is 593 g/mol. The molecule has 2 aromatic heterocycles. The predicted octanol–water partition coefficient (Wildman–Crippen LogP) is 4.70. The van der Waals surface area contributed by atoms with Gasteiger partial charge in [-0.3, -0.25) is 9.44 Å². The van der Waals surface area contributed by atoms with E-state index >= 15 is 0 Å². The summed E-state index contributed by atoms with van der Waals surface area (Å²) in [5, 5.41) is 1.52. The maximum absolute atomic E-state index is 13.1. The van der Waals surface area contributed by atoms with E-state index in [0.29, 0.717) is 0 Å². The molecule has 2 aromatic carbocycles. The minimum atomic E-state index is -4.37. The zero-order valence-corrected chi connectivity index (χ0v) is 22.1. The lowest BCUT2D eigenvalue weighted by Gasteiger charge is -2.15. The summed E-state index contributed by atoms with van der Waals surface area (Å²) in [4.78, 5) is -0.405. The highest BCUT2D eigenvalue weighted by Gasteiger charge is 2.24. The molecule has 0 fully saturated rings. The topological polar surface area (TPSA) is 131 Å². The first-order chi connectivity index (χ1) is 16.4. The van der Waals surface area contributed by atoms with Crippen molar-refractivity contribution in [3.05, 3.63) is 88.5 Å². The number of halogens is 2. The van der Waals surface area contributed by atoms with Crippen LogP contribution in [0.1, 0.15) is 0 Å². The third-order valence-corrected chi connectivity index (χ3v) is 11.1.